The van der Waals surface area contributed by atoms with E-state index in [0.29, 0.717) is 30.0 Å². The van der Waals surface area contributed by atoms with Crippen LogP contribution in [0.15, 0.2) is 60.9 Å². The highest BCUT2D eigenvalue weighted by Gasteiger charge is 2.20. The molecule has 0 unspecified atom stereocenters. The molecule has 0 saturated heterocycles. The number of rotatable bonds is 3. The second-order valence-corrected chi connectivity index (χ2v) is 8.89. The minimum Gasteiger partial charge on any atom is -0.381 e. The molecular weight excluding hydrogens is 509 g/mol. The lowest BCUT2D eigenvalue weighted by molar-refractivity contribution is 0.100. The Labute approximate surface area is 229 Å². The van der Waals surface area contributed by atoms with Crippen molar-refractivity contribution in [3.8, 4) is 23.1 Å². The van der Waals surface area contributed by atoms with Crippen LogP contribution >= 0.6 is 0 Å². The summed E-state index contributed by atoms with van der Waals surface area (Å²) in [5, 5.41) is 11.0. The number of hydrogen-bond acceptors (Lipinski definition) is 7. The fourth-order valence-electron chi connectivity index (χ4n) is 4.23. The molecule has 0 aliphatic carbocycles. The van der Waals surface area contributed by atoms with Crippen molar-refractivity contribution in [2.75, 3.05) is 17.6 Å². The fraction of sp³-hybridized carbons (Fsp3) is 0.138. The van der Waals surface area contributed by atoms with E-state index in [4.69, 9.17) is 21.4 Å². The largest absolute Gasteiger partial charge is 0.381 e. The van der Waals surface area contributed by atoms with Gasteiger partial charge in [-0.2, -0.15) is 5.10 Å². The van der Waals surface area contributed by atoms with Gasteiger partial charge in [-0.25, -0.2) is 19.0 Å². The molecule has 0 bridgehead atoms. The van der Waals surface area contributed by atoms with E-state index in [2.05, 4.69) is 27.4 Å². The molecule has 0 atom stereocenters. The summed E-state index contributed by atoms with van der Waals surface area (Å²) < 4.78 is 16.9. The fourth-order valence-corrected chi connectivity index (χ4v) is 4.23. The van der Waals surface area contributed by atoms with Crippen LogP contribution in [0, 0.1) is 17.7 Å². The number of primary amides is 1. The van der Waals surface area contributed by atoms with Crippen molar-refractivity contribution in [3.05, 3.63) is 89.1 Å². The van der Waals surface area contributed by atoms with Gasteiger partial charge in [-0.3, -0.25) is 9.48 Å². The van der Waals surface area contributed by atoms with E-state index in [1.54, 1.807) is 23.1 Å². The Morgan fingerprint density at radius 3 is 2.73 bits per heavy atom. The van der Waals surface area contributed by atoms with Crippen LogP contribution in [0.25, 0.3) is 28.5 Å². The Hall–Kier alpha value is -5.50. The first kappa shape index (κ1) is 26.1. The molecule has 4 heterocycles. The van der Waals surface area contributed by atoms with Gasteiger partial charge in [0.25, 0.3) is 5.91 Å². The standard InChI is InChI=1S/C22H17FN4.C7H9N5O/c1-3-19-22(17-7-4-8-18(23)12-17)26-21-16(6-5-9-20(21)25-19)11-10-15-13-24-27(2)14-15;8-5-4(6(9)13)7-10-2-1-3-12(7)11-5/h4-9,12-14H,3H2,1-2H3;1,3,10H,2H2,(H2,8,11)(H2,9,13). The van der Waals surface area contributed by atoms with Crippen LogP contribution in [-0.4, -0.2) is 42.0 Å². The highest BCUT2D eigenvalue weighted by molar-refractivity contribution is 6.02. The molecule has 0 saturated carbocycles. The van der Waals surface area contributed by atoms with E-state index in [-0.39, 0.29) is 17.2 Å². The summed E-state index contributed by atoms with van der Waals surface area (Å²) in [6, 6.07) is 12.2. The molecule has 5 aromatic rings. The average Bonchev–Trinajstić information content (AvgIpc) is 3.52. The van der Waals surface area contributed by atoms with Gasteiger partial charge in [-0.15, -0.1) is 5.10 Å². The van der Waals surface area contributed by atoms with Gasteiger partial charge in [0.05, 0.1) is 34.2 Å². The summed E-state index contributed by atoms with van der Waals surface area (Å²) in [5.41, 5.74) is 16.3. The Kier molecular flexibility index (Phi) is 7.24. The third kappa shape index (κ3) is 5.37. The molecule has 1 amide bonds. The highest BCUT2D eigenvalue weighted by atomic mass is 19.1. The molecule has 3 aromatic heterocycles. The number of para-hydroxylation sites is 1. The second-order valence-electron chi connectivity index (χ2n) is 8.89. The maximum absolute atomic E-state index is 13.7. The third-order valence-corrected chi connectivity index (χ3v) is 6.06. The number of aromatic nitrogens is 6. The zero-order valence-electron chi connectivity index (χ0n) is 21.9. The molecule has 5 N–H and O–H groups in total. The molecule has 0 spiro atoms. The van der Waals surface area contributed by atoms with E-state index in [9.17, 15) is 9.18 Å². The van der Waals surface area contributed by atoms with Gasteiger partial charge in [-0.1, -0.05) is 37.0 Å². The van der Waals surface area contributed by atoms with Crippen molar-refractivity contribution in [1.82, 2.24) is 29.5 Å². The summed E-state index contributed by atoms with van der Waals surface area (Å²) in [6.45, 7) is 2.66. The van der Waals surface area contributed by atoms with Gasteiger partial charge in [0.1, 0.15) is 22.7 Å². The maximum atomic E-state index is 13.7. The molecule has 10 nitrogen and oxygen atoms in total. The zero-order valence-corrected chi connectivity index (χ0v) is 21.9. The monoisotopic (exact) mass is 535 g/mol. The maximum Gasteiger partial charge on any atom is 0.256 e. The van der Waals surface area contributed by atoms with E-state index in [0.717, 1.165) is 27.9 Å². The number of carbonyl (C=O) groups excluding carboxylic acids is 1. The van der Waals surface area contributed by atoms with Gasteiger partial charge < -0.3 is 16.8 Å². The van der Waals surface area contributed by atoms with Gasteiger partial charge in [0, 0.05) is 31.6 Å². The smallest absolute Gasteiger partial charge is 0.256 e. The number of nitrogens with two attached hydrogens (primary N) is 2. The number of fused-ring (bicyclic) bond motifs is 2. The van der Waals surface area contributed by atoms with Crippen LogP contribution in [0.3, 0.4) is 0 Å². The minimum atomic E-state index is -0.568. The van der Waals surface area contributed by atoms with Gasteiger partial charge in [-0.05, 0) is 36.8 Å². The highest BCUT2D eigenvalue weighted by Crippen LogP contribution is 2.26. The summed E-state index contributed by atoms with van der Waals surface area (Å²) in [4.78, 5) is 20.6. The molecule has 11 heteroatoms. The summed E-state index contributed by atoms with van der Waals surface area (Å²) in [7, 11) is 1.85. The lowest BCUT2D eigenvalue weighted by Gasteiger charge is -2.09. The number of hydrogen-bond donors (Lipinski definition) is 3. The number of benzene rings is 2. The van der Waals surface area contributed by atoms with Crippen LogP contribution in [0.5, 0.6) is 0 Å². The second kappa shape index (κ2) is 11.1. The number of nitrogens with one attached hydrogen (secondary N) is 1. The molecule has 40 heavy (non-hydrogen) atoms. The third-order valence-electron chi connectivity index (χ3n) is 6.06. The molecule has 1 aliphatic heterocycles. The van der Waals surface area contributed by atoms with Crippen LogP contribution in [0.4, 0.5) is 16.0 Å². The van der Waals surface area contributed by atoms with Crippen LogP contribution in [0.1, 0.15) is 34.1 Å². The predicted molar refractivity (Wildman–Crippen MR) is 152 cm³/mol. The number of carbonyl (C=O) groups is 1. The lowest BCUT2D eigenvalue weighted by Crippen LogP contribution is -2.17. The Morgan fingerprint density at radius 2 is 2.00 bits per heavy atom. The van der Waals surface area contributed by atoms with Crippen LogP contribution < -0.4 is 16.8 Å². The first-order chi connectivity index (χ1) is 19.3. The molecular formula is C29H26FN9O. The van der Waals surface area contributed by atoms with Crippen LogP contribution in [0.2, 0.25) is 0 Å². The molecule has 0 radical (unpaired) electrons. The Morgan fingerprint density at radius 1 is 1.18 bits per heavy atom. The minimum absolute atomic E-state index is 0.154. The van der Waals surface area contributed by atoms with E-state index < -0.39 is 5.91 Å². The van der Waals surface area contributed by atoms with E-state index in [1.807, 2.05) is 50.5 Å². The lowest BCUT2D eigenvalue weighted by atomic mass is 10.1. The molecule has 2 aromatic carbocycles. The molecule has 0 fully saturated rings. The van der Waals surface area contributed by atoms with Crippen molar-refractivity contribution < 1.29 is 9.18 Å². The van der Waals surface area contributed by atoms with Gasteiger partial charge in [0.2, 0.25) is 0 Å². The summed E-state index contributed by atoms with van der Waals surface area (Å²) >= 11 is 0. The number of anilines is 2. The Balaban J connectivity index is 0.000000207. The SMILES string of the molecule is CCc1nc2cccc(C#Cc3cnn(C)c3)c2nc1-c1cccc(F)c1.NC(=O)c1c(N)nn2c1NCC=C2. The topological polar surface area (TPSA) is 143 Å². The van der Waals surface area contributed by atoms with Crippen molar-refractivity contribution in [1.29, 1.82) is 0 Å². The number of amides is 1. The molecule has 200 valence electrons. The first-order valence-corrected chi connectivity index (χ1v) is 12.5. The normalized spacial score (nSPS) is 11.6. The van der Waals surface area contributed by atoms with Gasteiger partial charge >= 0.3 is 0 Å². The summed E-state index contributed by atoms with van der Waals surface area (Å²) in [5.74, 6) is 6.13. The molecule has 6 rings (SSSR count). The van der Waals surface area contributed by atoms with Crippen molar-refractivity contribution >= 4 is 34.8 Å². The van der Waals surface area contributed by atoms with Crippen molar-refractivity contribution in [3.63, 3.8) is 0 Å². The number of halogens is 1. The number of nitrogen functional groups attached to an aromatic ring is 1. The van der Waals surface area contributed by atoms with Crippen molar-refractivity contribution in [2.24, 2.45) is 12.8 Å². The average molecular weight is 536 g/mol. The number of aryl methyl sites for hydroxylation is 2. The van der Waals surface area contributed by atoms with Crippen LogP contribution in [-0.2, 0) is 13.5 Å². The van der Waals surface area contributed by atoms with Crippen molar-refractivity contribution in [2.45, 2.75) is 13.3 Å². The zero-order chi connectivity index (χ0) is 28.2. The van der Waals surface area contributed by atoms with E-state index in [1.165, 1.54) is 16.8 Å². The number of nitrogens with zero attached hydrogens (tertiary/aromatic N) is 6. The Bertz CT molecular complexity index is 1820. The quantitative estimate of drug-likeness (QED) is 0.300. The van der Waals surface area contributed by atoms with Gasteiger partial charge in [0.15, 0.2) is 5.82 Å². The molecule has 1 aliphatic rings. The summed E-state index contributed by atoms with van der Waals surface area (Å²) in [6.07, 6.45) is 7.88. The predicted octanol–water partition coefficient (Wildman–Crippen LogP) is 3.59. The first-order valence-electron chi connectivity index (χ1n) is 12.5. The van der Waals surface area contributed by atoms with E-state index >= 15 is 0 Å².